The van der Waals surface area contributed by atoms with Crippen LogP contribution in [0.25, 0.3) is 0 Å². The van der Waals surface area contributed by atoms with Crippen molar-refractivity contribution in [1.29, 1.82) is 0 Å². The van der Waals surface area contributed by atoms with Crippen molar-refractivity contribution in [2.75, 3.05) is 17.3 Å². The highest BCUT2D eigenvalue weighted by atomic mass is 79.9. The van der Waals surface area contributed by atoms with Gasteiger partial charge in [0.15, 0.2) is 0 Å². The van der Waals surface area contributed by atoms with Gasteiger partial charge in [0.2, 0.25) is 0 Å². The summed E-state index contributed by atoms with van der Waals surface area (Å²) in [7, 11) is 1.43. The van der Waals surface area contributed by atoms with E-state index in [0.29, 0.717) is 37.5 Å². The number of hydrogen-bond acceptors (Lipinski definition) is 4. The molecule has 0 atom stereocenters. The van der Waals surface area contributed by atoms with E-state index in [1.54, 1.807) is 38.4 Å². The molecule has 0 radical (unpaired) electrons. The number of nitrogens with zero attached hydrogens (tertiary/aromatic N) is 3. The zero-order valence-corrected chi connectivity index (χ0v) is 23.9. The van der Waals surface area contributed by atoms with E-state index in [1.165, 1.54) is 19.2 Å². The fraction of sp³-hybridized carbons (Fsp3) is 0.111. The first-order valence-corrected chi connectivity index (χ1v) is 12.7. The maximum absolute atomic E-state index is 13.7. The van der Waals surface area contributed by atoms with Crippen molar-refractivity contribution in [3.63, 3.8) is 0 Å². The van der Waals surface area contributed by atoms with Crippen LogP contribution in [0.2, 0.25) is 0 Å². The van der Waals surface area contributed by atoms with Gasteiger partial charge in [-0.25, -0.2) is 17.6 Å². The molecule has 39 heavy (non-hydrogen) atoms. The fourth-order valence-electron chi connectivity index (χ4n) is 3.29. The third-order valence-corrected chi connectivity index (χ3v) is 6.20. The van der Waals surface area contributed by atoms with Crippen LogP contribution in [0, 0.1) is 37.1 Å². The molecule has 0 saturated heterocycles. The maximum Gasteiger partial charge on any atom is 0.259 e. The van der Waals surface area contributed by atoms with Crippen molar-refractivity contribution in [3.05, 3.63) is 116 Å². The average Bonchev–Trinajstić information content (AvgIpc) is 2.88. The molecule has 0 aliphatic carbocycles. The Labute approximate surface area is 238 Å². The van der Waals surface area contributed by atoms with Crippen molar-refractivity contribution < 1.29 is 27.2 Å². The summed E-state index contributed by atoms with van der Waals surface area (Å²) in [5.41, 5.74) is 1.65. The number of aryl methyl sites for hydroxylation is 2. The molecule has 6 nitrogen and oxygen atoms in total. The van der Waals surface area contributed by atoms with Crippen LogP contribution in [-0.4, -0.2) is 28.8 Å². The maximum atomic E-state index is 13.7. The van der Waals surface area contributed by atoms with Crippen molar-refractivity contribution in [2.45, 2.75) is 13.8 Å². The highest BCUT2D eigenvalue weighted by molar-refractivity contribution is 9.10. The first-order valence-electron chi connectivity index (χ1n) is 11.1. The van der Waals surface area contributed by atoms with Gasteiger partial charge in [-0.15, -0.1) is 0 Å². The molecule has 4 rings (SSSR count). The van der Waals surface area contributed by atoms with Crippen LogP contribution in [-0.2, 0) is 0 Å². The SMILES string of the molecule is Cc1ncc(Br)cc1C(=O)N(C)c1ccc(F)cc1F.Cc1ncc(Br)cc1C(=O)Nc1ccc(F)cc1F. The molecule has 0 aliphatic heterocycles. The predicted octanol–water partition coefficient (Wildman–Crippen LogP) is 7.39. The zero-order chi connectivity index (χ0) is 28.9. The number of carbonyl (C=O) groups excluding carboxylic acids is 2. The van der Waals surface area contributed by atoms with Gasteiger partial charge in [0, 0.05) is 40.5 Å². The molecule has 2 amide bonds. The topological polar surface area (TPSA) is 75.2 Å². The summed E-state index contributed by atoms with van der Waals surface area (Å²) in [6, 6.07) is 9.22. The second-order valence-electron chi connectivity index (χ2n) is 8.11. The van der Waals surface area contributed by atoms with Crippen molar-refractivity contribution in [3.8, 4) is 0 Å². The molecule has 2 aromatic carbocycles. The summed E-state index contributed by atoms with van der Waals surface area (Å²) in [5.74, 6) is -3.92. The van der Waals surface area contributed by atoms with Crippen LogP contribution in [0.4, 0.5) is 28.9 Å². The third-order valence-electron chi connectivity index (χ3n) is 5.34. The number of benzene rings is 2. The molecule has 202 valence electrons. The van der Waals surface area contributed by atoms with E-state index in [1.807, 2.05) is 0 Å². The van der Waals surface area contributed by atoms with Gasteiger partial charge in [-0.2, -0.15) is 0 Å². The summed E-state index contributed by atoms with van der Waals surface area (Å²) < 4.78 is 54.1. The lowest BCUT2D eigenvalue weighted by Crippen LogP contribution is -2.28. The largest absolute Gasteiger partial charge is 0.319 e. The third kappa shape index (κ3) is 7.70. The number of carbonyl (C=O) groups is 2. The van der Waals surface area contributed by atoms with Gasteiger partial charge < -0.3 is 10.2 Å². The lowest BCUT2D eigenvalue weighted by molar-refractivity contribution is 0.0989. The quantitative estimate of drug-likeness (QED) is 0.230. The van der Waals surface area contributed by atoms with Gasteiger partial charge in [-0.3, -0.25) is 19.6 Å². The van der Waals surface area contributed by atoms with E-state index in [4.69, 9.17) is 0 Å². The molecule has 0 fully saturated rings. The number of pyridine rings is 2. The average molecular weight is 668 g/mol. The van der Waals surface area contributed by atoms with Crippen molar-refractivity contribution >= 4 is 55.0 Å². The lowest BCUT2D eigenvalue weighted by atomic mass is 10.1. The van der Waals surface area contributed by atoms with Crippen LogP contribution in [0.15, 0.2) is 69.9 Å². The number of rotatable bonds is 4. The molecule has 0 bridgehead atoms. The molecule has 1 N–H and O–H groups in total. The molecule has 4 aromatic rings. The number of halogens is 6. The Morgan fingerprint density at radius 3 is 1.85 bits per heavy atom. The highest BCUT2D eigenvalue weighted by Crippen LogP contribution is 2.23. The van der Waals surface area contributed by atoms with Crippen molar-refractivity contribution in [1.82, 2.24) is 9.97 Å². The van der Waals surface area contributed by atoms with Gasteiger partial charge in [0.1, 0.15) is 23.3 Å². The van der Waals surface area contributed by atoms with E-state index in [2.05, 4.69) is 47.1 Å². The Hall–Kier alpha value is -3.64. The monoisotopic (exact) mass is 666 g/mol. The fourth-order valence-corrected chi connectivity index (χ4v) is 3.95. The second kappa shape index (κ2) is 12.9. The molecular weight excluding hydrogens is 648 g/mol. The summed E-state index contributed by atoms with van der Waals surface area (Å²) in [5, 5.41) is 2.38. The first-order chi connectivity index (χ1) is 18.4. The Morgan fingerprint density at radius 2 is 1.28 bits per heavy atom. The van der Waals surface area contributed by atoms with Gasteiger partial charge >= 0.3 is 0 Å². The van der Waals surface area contributed by atoms with E-state index in [0.717, 1.165) is 23.1 Å². The molecule has 12 heteroatoms. The Kier molecular flexibility index (Phi) is 9.92. The van der Waals surface area contributed by atoms with Crippen molar-refractivity contribution in [2.24, 2.45) is 0 Å². The van der Waals surface area contributed by atoms with E-state index < -0.39 is 35.1 Å². The molecule has 0 aliphatic rings. The smallest absolute Gasteiger partial charge is 0.259 e. The molecule has 2 aromatic heterocycles. The normalized spacial score (nSPS) is 10.4. The van der Waals surface area contributed by atoms with E-state index >= 15 is 0 Å². The summed E-state index contributed by atoms with van der Waals surface area (Å²) in [6.07, 6.45) is 3.13. The Balaban J connectivity index is 0.000000216. The number of hydrogen-bond donors (Lipinski definition) is 1. The van der Waals surface area contributed by atoms with Crippen LogP contribution in [0.5, 0.6) is 0 Å². The van der Waals surface area contributed by atoms with Crippen LogP contribution < -0.4 is 10.2 Å². The molecule has 2 heterocycles. The zero-order valence-electron chi connectivity index (χ0n) is 20.7. The summed E-state index contributed by atoms with van der Waals surface area (Å²) in [4.78, 5) is 33.6. The number of anilines is 2. The minimum absolute atomic E-state index is 0.00998. The van der Waals surface area contributed by atoms with E-state index in [-0.39, 0.29) is 11.4 Å². The standard InChI is InChI=1S/C14H11BrF2N2O.C13H9BrF2N2O/c1-8-11(5-9(15)7-18-8)14(20)19(2)13-4-3-10(16)6-12(13)17;1-7-10(4-8(14)6-17-7)13(19)18-12-3-2-9(15)5-11(12)16/h3-7H,1-2H3;2-6H,1H3,(H,18,19). The van der Waals surface area contributed by atoms with Gasteiger partial charge in [-0.1, -0.05) is 0 Å². The second-order valence-corrected chi connectivity index (χ2v) is 9.94. The predicted molar refractivity (Wildman–Crippen MR) is 147 cm³/mol. The van der Waals surface area contributed by atoms with Gasteiger partial charge in [0.25, 0.3) is 11.8 Å². The molecule has 0 saturated carbocycles. The van der Waals surface area contributed by atoms with Crippen LogP contribution in [0.3, 0.4) is 0 Å². The first kappa shape index (κ1) is 29.9. The summed E-state index contributed by atoms with van der Waals surface area (Å²) in [6.45, 7) is 3.36. The minimum atomic E-state index is -0.825. The Bertz CT molecular complexity index is 1550. The number of aromatic nitrogens is 2. The van der Waals surface area contributed by atoms with Crippen LogP contribution in [0.1, 0.15) is 32.1 Å². The van der Waals surface area contributed by atoms with Gasteiger partial charge in [0.05, 0.1) is 33.9 Å². The van der Waals surface area contributed by atoms with Crippen LogP contribution >= 0.6 is 31.9 Å². The van der Waals surface area contributed by atoms with Gasteiger partial charge in [-0.05, 0) is 82.1 Å². The molecule has 0 spiro atoms. The minimum Gasteiger partial charge on any atom is -0.319 e. The Morgan fingerprint density at radius 1 is 0.769 bits per heavy atom. The lowest BCUT2D eigenvalue weighted by Gasteiger charge is -2.19. The number of amides is 2. The summed E-state index contributed by atoms with van der Waals surface area (Å²) >= 11 is 6.44. The molecule has 0 unspecified atom stereocenters. The molecular formula is C27H20Br2F4N4O2. The highest BCUT2D eigenvalue weighted by Gasteiger charge is 2.20. The van der Waals surface area contributed by atoms with E-state index in [9.17, 15) is 27.2 Å². The number of nitrogens with one attached hydrogen (secondary N) is 1.